The van der Waals surface area contributed by atoms with Gasteiger partial charge in [0.25, 0.3) is 0 Å². The van der Waals surface area contributed by atoms with E-state index < -0.39 is 7.80 Å². The van der Waals surface area contributed by atoms with Crippen LogP contribution in [0.5, 0.6) is 0 Å². The number of hydrogen-bond donors (Lipinski definition) is 0. The molecule has 6 aromatic carbocycles. The van der Waals surface area contributed by atoms with Gasteiger partial charge in [0, 0.05) is 33.3 Å². The van der Waals surface area contributed by atoms with Gasteiger partial charge in [0.2, 0.25) is 5.30 Å². The van der Waals surface area contributed by atoms with E-state index in [1.807, 2.05) is 24.3 Å². The lowest BCUT2D eigenvalue weighted by molar-refractivity contribution is 0.593. The molecule has 0 saturated carbocycles. The lowest BCUT2D eigenvalue weighted by Crippen LogP contribution is -2.06. The van der Waals surface area contributed by atoms with E-state index in [1.54, 1.807) is 0 Å². The number of rotatable bonds is 6. The molecule has 0 radical (unpaired) electrons. The molecule has 2 heterocycles. The van der Waals surface area contributed by atoms with Crippen molar-refractivity contribution in [1.29, 1.82) is 0 Å². The first-order valence-electron chi connectivity index (χ1n) is 15.0. The van der Waals surface area contributed by atoms with Crippen LogP contribution in [0.4, 0.5) is 0 Å². The van der Waals surface area contributed by atoms with Gasteiger partial charge in [-0.25, -0.2) is 0 Å². The van der Waals surface area contributed by atoms with Gasteiger partial charge in [-0.1, -0.05) is 114 Å². The largest absolute Gasteiger partial charge is 0.384 e. The van der Waals surface area contributed by atoms with Crippen molar-refractivity contribution in [1.82, 2.24) is 9.13 Å². The zero-order chi connectivity index (χ0) is 29.6. The van der Waals surface area contributed by atoms with E-state index in [9.17, 15) is 4.57 Å². The molecule has 0 aliphatic carbocycles. The van der Waals surface area contributed by atoms with Crippen LogP contribution in [0.25, 0.3) is 55.3 Å². The van der Waals surface area contributed by atoms with Crippen LogP contribution < -0.4 is 5.30 Å². The van der Waals surface area contributed by atoms with Crippen LogP contribution in [0.1, 0.15) is 11.1 Å². The third-order valence-corrected chi connectivity index (χ3v) is 10.2. The number of benzene rings is 6. The zero-order valence-corrected chi connectivity index (χ0v) is 25.3. The molecule has 0 amide bonds. The van der Waals surface area contributed by atoms with Crippen molar-refractivity contribution in [2.45, 2.75) is 13.1 Å². The van der Waals surface area contributed by atoms with E-state index in [1.165, 1.54) is 5.39 Å². The zero-order valence-electron chi connectivity index (χ0n) is 24.4. The van der Waals surface area contributed by atoms with Gasteiger partial charge in [0.05, 0.1) is 21.9 Å². The van der Waals surface area contributed by atoms with Crippen molar-refractivity contribution in [2.24, 2.45) is 0 Å². The van der Waals surface area contributed by atoms with E-state index in [-0.39, 0.29) is 0 Å². The second kappa shape index (κ2) is 10.8. The standard InChI is InChI=1S/C40H30N2OP/c1-28-15-11-12-22-32(28)39-40(44(43)27-29-16-5-2-6-17-29)35-25-34-33-23-13-14-24-36(33)41(30-18-7-3-8-19-30)37(34)26-38(35)42(39)31-20-9-4-10-21-31/h2-26H,27H2,1H3/q+1. The van der Waals surface area contributed by atoms with E-state index in [0.717, 1.165) is 66.4 Å². The molecule has 0 saturated heterocycles. The molecule has 8 rings (SSSR count). The highest BCUT2D eigenvalue weighted by molar-refractivity contribution is 7.53. The van der Waals surface area contributed by atoms with Crippen LogP contribution in [-0.4, -0.2) is 9.13 Å². The van der Waals surface area contributed by atoms with Crippen molar-refractivity contribution < 1.29 is 4.57 Å². The molecule has 4 heteroatoms. The minimum Gasteiger partial charge on any atom is -0.309 e. The maximum Gasteiger partial charge on any atom is 0.384 e. The van der Waals surface area contributed by atoms with Crippen LogP contribution in [0, 0.1) is 6.92 Å². The fraction of sp³-hybridized carbons (Fsp3) is 0.0500. The number of hydrogen-bond acceptors (Lipinski definition) is 1. The first-order chi connectivity index (χ1) is 21.7. The Morgan fingerprint density at radius 2 is 1.09 bits per heavy atom. The summed E-state index contributed by atoms with van der Waals surface area (Å²) in [5, 5.41) is 4.29. The Kier molecular flexibility index (Phi) is 6.47. The molecule has 1 atom stereocenters. The van der Waals surface area contributed by atoms with Crippen molar-refractivity contribution in [3.8, 4) is 22.6 Å². The molecule has 0 aliphatic heterocycles. The van der Waals surface area contributed by atoms with Crippen LogP contribution in [0.3, 0.4) is 0 Å². The Hall–Kier alpha value is -5.24. The summed E-state index contributed by atoms with van der Waals surface area (Å²) in [7, 11) is -1.79. The maximum absolute atomic E-state index is 14.7. The molecule has 8 aromatic rings. The van der Waals surface area contributed by atoms with Crippen LogP contribution in [-0.2, 0) is 10.7 Å². The SMILES string of the molecule is Cc1ccccc1-c1c([P+](=O)Cc2ccccc2)c2cc3c4ccccc4n(-c4ccccc4)c3cc2n1-c1ccccc1. The normalized spacial score (nSPS) is 11.9. The predicted octanol–water partition coefficient (Wildman–Crippen LogP) is 10.4. The van der Waals surface area contributed by atoms with Crippen molar-refractivity contribution in [2.75, 3.05) is 0 Å². The van der Waals surface area contributed by atoms with Crippen LogP contribution in [0.15, 0.2) is 152 Å². The maximum atomic E-state index is 14.7. The number of para-hydroxylation sites is 3. The van der Waals surface area contributed by atoms with Gasteiger partial charge in [0.1, 0.15) is 5.69 Å². The Balaban J connectivity index is 1.54. The molecule has 0 bridgehead atoms. The molecule has 3 nitrogen and oxygen atoms in total. The second-order valence-electron chi connectivity index (χ2n) is 11.3. The average Bonchev–Trinajstić information content (AvgIpc) is 3.57. The van der Waals surface area contributed by atoms with Crippen molar-refractivity contribution in [3.63, 3.8) is 0 Å². The fourth-order valence-corrected chi connectivity index (χ4v) is 8.21. The highest BCUT2D eigenvalue weighted by Crippen LogP contribution is 2.43. The quantitative estimate of drug-likeness (QED) is 0.178. The minimum atomic E-state index is -1.79. The van der Waals surface area contributed by atoms with Crippen LogP contribution >= 0.6 is 7.80 Å². The van der Waals surface area contributed by atoms with Gasteiger partial charge < -0.3 is 9.13 Å². The molecule has 1 unspecified atom stereocenters. The van der Waals surface area contributed by atoms with Gasteiger partial charge in [-0.3, -0.25) is 0 Å². The number of aromatic nitrogens is 2. The predicted molar refractivity (Wildman–Crippen MR) is 185 cm³/mol. The summed E-state index contributed by atoms with van der Waals surface area (Å²) in [5.41, 5.74) is 9.82. The first kappa shape index (κ1) is 26.4. The number of fused-ring (bicyclic) bond motifs is 4. The van der Waals surface area contributed by atoms with Gasteiger partial charge in [-0.05, 0) is 55.0 Å². The summed E-state index contributed by atoms with van der Waals surface area (Å²) >= 11 is 0. The van der Waals surface area contributed by atoms with Gasteiger partial charge in [-0.2, -0.15) is 0 Å². The Bertz CT molecular complexity index is 2320. The molecule has 0 N–H and O–H groups in total. The number of aryl methyl sites for hydroxylation is 1. The minimum absolute atomic E-state index is 0.479. The summed E-state index contributed by atoms with van der Waals surface area (Å²) in [5.74, 6) is 0. The molecule has 210 valence electrons. The summed E-state index contributed by atoms with van der Waals surface area (Å²) in [6, 6.07) is 52.9. The Labute approximate surface area is 257 Å². The third kappa shape index (κ3) is 4.28. The molecule has 44 heavy (non-hydrogen) atoms. The first-order valence-corrected chi connectivity index (χ1v) is 16.4. The molecule has 0 aliphatic rings. The molecular weight excluding hydrogens is 555 g/mol. The third-order valence-electron chi connectivity index (χ3n) is 8.58. The highest BCUT2D eigenvalue weighted by atomic mass is 31.1. The lowest BCUT2D eigenvalue weighted by Gasteiger charge is -2.13. The topological polar surface area (TPSA) is 26.9 Å². The Morgan fingerprint density at radius 1 is 0.523 bits per heavy atom. The van der Waals surface area contributed by atoms with Crippen LogP contribution in [0.2, 0.25) is 0 Å². The highest BCUT2D eigenvalue weighted by Gasteiger charge is 2.35. The average molecular weight is 586 g/mol. The summed E-state index contributed by atoms with van der Waals surface area (Å²) < 4.78 is 19.4. The van der Waals surface area contributed by atoms with Crippen molar-refractivity contribution >= 4 is 45.8 Å². The number of nitrogens with zero attached hydrogens (tertiary/aromatic N) is 2. The molecular formula is C40H30N2OP+. The van der Waals surface area contributed by atoms with Gasteiger partial charge in [-0.15, -0.1) is 0 Å². The molecule has 2 aromatic heterocycles. The van der Waals surface area contributed by atoms with E-state index >= 15 is 0 Å². The Morgan fingerprint density at radius 3 is 1.80 bits per heavy atom. The smallest absolute Gasteiger partial charge is 0.309 e. The second-order valence-corrected chi connectivity index (χ2v) is 12.8. The van der Waals surface area contributed by atoms with E-state index in [4.69, 9.17) is 0 Å². The summed E-state index contributed by atoms with van der Waals surface area (Å²) in [6.45, 7) is 2.14. The monoisotopic (exact) mass is 585 g/mol. The molecule has 0 spiro atoms. The van der Waals surface area contributed by atoms with Gasteiger partial charge in [0.15, 0.2) is 6.16 Å². The van der Waals surface area contributed by atoms with E-state index in [2.05, 4.69) is 143 Å². The van der Waals surface area contributed by atoms with Crippen molar-refractivity contribution in [3.05, 3.63) is 163 Å². The van der Waals surface area contributed by atoms with E-state index in [0.29, 0.717) is 6.16 Å². The fourth-order valence-electron chi connectivity index (χ4n) is 6.60. The summed E-state index contributed by atoms with van der Waals surface area (Å²) in [6.07, 6.45) is 0.479. The summed E-state index contributed by atoms with van der Waals surface area (Å²) in [4.78, 5) is 0. The lowest BCUT2D eigenvalue weighted by atomic mass is 10.1. The molecule has 0 fully saturated rings. The van der Waals surface area contributed by atoms with Gasteiger partial charge >= 0.3 is 7.80 Å².